The Morgan fingerprint density at radius 3 is 2.82 bits per heavy atom. The van der Waals surface area contributed by atoms with Crippen molar-refractivity contribution < 1.29 is 4.79 Å². The third-order valence-corrected chi connectivity index (χ3v) is 3.27. The van der Waals surface area contributed by atoms with Crippen molar-refractivity contribution in [2.75, 3.05) is 20.1 Å². The Balaban J connectivity index is 2.07. The molecule has 1 saturated heterocycles. The summed E-state index contributed by atoms with van der Waals surface area (Å²) in [5, 5.41) is 0. The lowest BCUT2D eigenvalue weighted by Gasteiger charge is -2.28. The second-order valence-corrected chi connectivity index (χ2v) is 4.85. The van der Waals surface area contributed by atoms with Gasteiger partial charge in [-0.2, -0.15) is 0 Å². The molecule has 0 unspecified atom stereocenters. The Bertz CT molecular complexity index is 397. The van der Waals surface area contributed by atoms with Crippen LogP contribution in [0.3, 0.4) is 0 Å². The molecule has 0 amide bonds. The Morgan fingerprint density at radius 1 is 1.47 bits per heavy atom. The van der Waals surface area contributed by atoms with Gasteiger partial charge in [0.05, 0.1) is 6.42 Å². The van der Waals surface area contributed by atoms with Gasteiger partial charge in [-0.05, 0) is 46.0 Å². The molecule has 1 fully saturated rings. The van der Waals surface area contributed by atoms with E-state index in [9.17, 15) is 4.79 Å². The highest BCUT2D eigenvalue weighted by Crippen LogP contribution is 2.25. The molecule has 0 aromatic carbocycles. The first kappa shape index (κ1) is 12.2. The van der Waals surface area contributed by atoms with Gasteiger partial charge in [0.15, 0.2) is 0 Å². The lowest BCUT2D eigenvalue weighted by molar-refractivity contribution is -0.116. The molecule has 1 aliphatic rings. The van der Waals surface area contributed by atoms with Crippen LogP contribution in [0.25, 0.3) is 0 Å². The van der Waals surface area contributed by atoms with Crippen LogP contribution < -0.4 is 0 Å². The van der Waals surface area contributed by atoms with E-state index in [1.807, 2.05) is 6.07 Å². The highest BCUT2D eigenvalue weighted by molar-refractivity contribution is 5.77. The van der Waals surface area contributed by atoms with Gasteiger partial charge >= 0.3 is 0 Å². The third kappa shape index (κ3) is 3.33. The first-order chi connectivity index (χ1) is 8.15. The maximum atomic E-state index is 11.1. The second-order valence-electron chi connectivity index (χ2n) is 4.85. The monoisotopic (exact) mass is 233 g/mol. The molecule has 2 rings (SSSR count). The van der Waals surface area contributed by atoms with Gasteiger partial charge in [-0.1, -0.05) is 0 Å². The first-order valence-electron chi connectivity index (χ1n) is 6.15. The number of carbonyl (C=O) groups is 1. The molecule has 92 valence electrons. The minimum atomic E-state index is 0.116. The summed E-state index contributed by atoms with van der Waals surface area (Å²) in [7, 11) is 2.15. The standard InChI is InChI=1S/C13H19N3O/c1-10(17)9-13-14-6-3-12(15-13)11-4-7-16(2)8-5-11/h3,6,11H,4-5,7-9H2,1-2H3. The number of rotatable bonds is 3. The third-order valence-electron chi connectivity index (χ3n) is 3.27. The quantitative estimate of drug-likeness (QED) is 0.792. The van der Waals surface area contributed by atoms with E-state index < -0.39 is 0 Å². The summed E-state index contributed by atoms with van der Waals surface area (Å²) in [4.78, 5) is 22.1. The van der Waals surface area contributed by atoms with Crippen LogP contribution in [0.5, 0.6) is 0 Å². The van der Waals surface area contributed by atoms with Crippen LogP contribution in [0.1, 0.15) is 37.2 Å². The van der Waals surface area contributed by atoms with Crippen molar-refractivity contribution in [2.45, 2.75) is 32.1 Å². The fourth-order valence-electron chi connectivity index (χ4n) is 2.25. The van der Waals surface area contributed by atoms with Gasteiger partial charge in [0.25, 0.3) is 0 Å². The van der Waals surface area contributed by atoms with Crippen LogP contribution in [0.15, 0.2) is 12.3 Å². The lowest BCUT2D eigenvalue weighted by atomic mass is 9.93. The zero-order valence-electron chi connectivity index (χ0n) is 10.5. The van der Waals surface area contributed by atoms with Gasteiger partial charge in [0.2, 0.25) is 0 Å². The molecule has 0 atom stereocenters. The van der Waals surface area contributed by atoms with E-state index in [1.165, 1.54) is 0 Å². The number of piperidine rings is 1. The summed E-state index contributed by atoms with van der Waals surface area (Å²) >= 11 is 0. The van der Waals surface area contributed by atoms with Crippen LogP contribution in [0.4, 0.5) is 0 Å². The molecule has 0 N–H and O–H groups in total. The van der Waals surface area contributed by atoms with E-state index in [0.717, 1.165) is 31.6 Å². The van der Waals surface area contributed by atoms with Crippen molar-refractivity contribution >= 4 is 5.78 Å². The molecule has 2 heterocycles. The Labute approximate surface area is 102 Å². The molecule has 17 heavy (non-hydrogen) atoms. The molecular formula is C13H19N3O. The Kier molecular flexibility index (Phi) is 3.84. The summed E-state index contributed by atoms with van der Waals surface area (Å²) in [6.45, 7) is 3.82. The predicted octanol–water partition coefficient (Wildman–Crippen LogP) is 1.42. The van der Waals surface area contributed by atoms with Gasteiger partial charge < -0.3 is 4.90 Å². The normalized spacial score (nSPS) is 18.2. The van der Waals surface area contributed by atoms with Crippen molar-refractivity contribution in [3.8, 4) is 0 Å². The van der Waals surface area contributed by atoms with Gasteiger partial charge in [0, 0.05) is 17.8 Å². The maximum absolute atomic E-state index is 11.1. The van der Waals surface area contributed by atoms with E-state index in [2.05, 4.69) is 21.9 Å². The molecule has 0 bridgehead atoms. The number of hydrogen-bond donors (Lipinski definition) is 0. The van der Waals surface area contributed by atoms with Crippen molar-refractivity contribution in [3.63, 3.8) is 0 Å². The average Bonchev–Trinajstić information content (AvgIpc) is 2.29. The van der Waals surface area contributed by atoms with E-state index in [0.29, 0.717) is 18.2 Å². The van der Waals surface area contributed by atoms with Gasteiger partial charge in [-0.15, -0.1) is 0 Å². The molecule has 1 aromatic heterocycles. The fraction of sp³-hybridized carbons (Fsp3) is 0.615. The highest BCUT2D eigenvalue weighted by atomic mass is 16.1. The van der Waals surface area contributed by atoms with Gasteiger partial charge in [0.1, 0.15) is 11.6 Å². The molecule has 1 aliphatic heterocycles. The summed E-state index contributed by atoms with van der Waals surface area (Å²) in [6, 6.07) is 1.99. The highest BCUT2D eigenvalue weighted by Gasteiger charge is 2.19. The van der Waals surface area contributed by atoms with Crippen molar-refractivity contribution in [1.29, 1.82) is 0 Å². The summed E-state index contributed by atoms with van der Waals surface area (Å²) < 4.78 is 0. The SMILES string of the molecule is CC(=O)Cc1nccc(C2CCN(C)CC2)n1. The molecule has 0 saturated carbocycles. The second kappa shape index (κ2) is 5.36. The number of carbonyl (C=O) groups excluding carboxylic acids is 1. The smallest absolute Gasteiger partial charge is 0.137 e. The van der Waals surface area contributed by atoms with Crippen molar-refractivity contribution in [3.05, 3.63) is 23.8 Å². The van der Waals surface area contributed by atoms with Crippen LogP contribution in [0, 0.1) is 0 Å². The van der Waals surface area contributed by atoms with Crippen LogP contribution in [0.2, 0.25) is 0 Å². The van der Waals surface area contributed by atoms with Crippen molar-refractivity contribution in [2.24, 2.45) is 0 Å². The van der Waals surface area contributed by atoms with Crippen molar-refractivity contribution in [1.82, 2.24) is 14.9 Å². The predicted molar refractivity (Wildman–Crippen MR) is 65.9 cm³/mol. The maximum Gasteiger partial charge on any atom is 0.137 e. The van der Waals surface area contributed by atoms with Crippen LogP contribution in [-0.2, 0) is 11.2 Å². The molecule has 4 nitrogen and oxygen atoms in total. The van der Waals surface area contributed by atoms with Gasteiger partial charge in [-0.3, -0.25) is 4.79 Å². The topological polar surface area (TPSA) is 46.1 Å². The fourth-order valence-corrected chi connectivity index (χ4v) is 2.25. The number of nitrogens with zero attached hydrogens (tertiary/aromatic N) is 3. The first-order valence-corrected chi connectivity index (χ1v) is 6.15. The average molecular weight is 233 g/mol. The lowest BCUT2D eigenvalue weighted by Crippen LogP contribution is -2.29. The molecule has 1 aromatic rings. The molecular weight excluding hydrogens is 214 g/mol. The van der Waals surface area contributed by atoms with E-state index in [1.54, 1.807) is 13.1 Å². The number of Topliss-reactive ketones (excluding diaryl/α,β-unsaturated/α-hetero) is 1. The van der Waals surface area contributed by atoms with E-state index in [-0.39, 0.29) is 5.78 Å². The minimum Gasteiger partial charge on any atom is -0.306 e. The minimum absolute atomic E-state index is 0.116. The summed E-state index contributed by atoms with van der Waals surface area (Å²) in [5.41, 5.74) is 1.10. The Hall–Kier alpha value is -1.29. The van der Waals surface area contributed by atoms with E-state index in [4.69, 9.17) is 0 Å². The summed E-state index contributed by atoms with van der Waals surface area (Å²) in [5.74, 6) is 1.30. The number of hydrogen-bond acceptors (Lipinski definition) is 4. The van der Waals surface area contributed by atoms with Crippen LogP contribution in [-0.4, -0.2) is 40.8 Å². The largest absolute Gasteiger partial charge is 0.306 e. The zero-order chi connectivity index (χ0) is 12.3. The Morgan fingerprint density at radius 2 is 2.18 bits per heavy atom. The van der Waals surface area contributed by atoms with E-state index >= 15 is 0 Å². The van der Waals surface area contributed by atoms with Crippen LogP contribution >= 0.6 is 0 Å². The zero-order valence-corrected chi connectivity index (χ0v) is 10.5. The molecule has 0 radical (unpaired) electrons. The molecule has 0 aliphatic carbocycles. The number of likely N-dealkylation sites (tertiary alicyclic amines) is 1. The molecule has 0 spiro atoms. The number of aromatic nitrogens is 2. The molecule has 4 heteroatoms. The number of ketones is 1. The summed E-state index contributed by atoms with van der Waals surface area (Å²) in [6.07, 6.45) is 4.42. The van der Waals surface area contributed by atoms with Gasteiger partial charge in [-0.25, -0.2) is 9.97 Å².